The zero-order valence-corrected chi connectivity index (χ0v) is 15.6. The lowest BCUT2D eigenvalue weighted by atomic mass is 10.2. The van der Waals surface area contributed by atoms with Crippen LogP contribution in [-0.2, 0) is 0 Å². The third-order valence-electron chi connectivity index (χ3n) is 3.46. The molecule has 120 valence electrons. The second-order valence-electron chi connectivity index (χ2n) is 5.00. The van der Waals surface area contributed by atoms with Crippen LogP contribution in [0.3, 0.4) is 0 Å². The van der Waals surface area contributed by atoms with E-state index in [0.717, 1.165) is 21.8 Å². The monoisotopic (exact) mass is 413 g/mol. The maximum Gasteiger partial charge on any atom is 0.213 e. The van der Waals surface area contributed by atoms with E-state index in [1.807, 2.05) is 11.4 Å². The van der Waals surface area contributed by atoms with Gasteiger partial charge in [0.25, 0.3) is 0 Å². The van der Waals surface area contributed by atoms with Crippen LogP contribution >= 0.6 is 57.7 Å². The molecule has 0 atom stereocenters. The molecule has 0 aliphatic heterocycles. The van der Waals surface area contributed by atoms with Crippen molar-refractivity contribution in [2.45, 2.75) is 0 Å². The summed E-state index contributed by atoms with van der Waals surface area (Å²) in [6.07, 6.45) is 0. The molecule has 2 aromatic carbocycles. The minimum Gasteiger partial charge on any atom is -0.203 e. The zero-order chi connectivity index (χ0) is 16.8. The van der Waals surface area contributed by atoms with Gasteiger partial charge in [-0.25, -0.2) is 4.52 Å². The third kappa shape index (κ3) is 2.79. The molecule has 0 amide bonds. The number of nitrogens with zero attached hydrogens (tertiary/aromatic N) is 3. The number of rotatable bonds is 2. The highest BCUT2D eigenvalue weighted by atomic mass is 35.5. The van der Waals surface area contributed by atoms with Crippen molar-refractivity contribution in [3.8, 4) is 22.6 Å². The van der Waals surface area contributed by atoms with Gasteiger partial charge in [0.15, 0.2) is 5.82 Å². The fourth-order valence-electron chi connectivity index (χ4n) is 2.35. The number of hydrogen-bond acceptors (Lipinski definition) is 3. The van der Waals surface area contributed by atoms with Gasteiger partial charge in [-0.1, -0.05) is 46.4 Å². The van der Waals surface area contributed by atoms with E-state index in [0.29, 0.717) is 25.9 Å². The van der Waals surface area contributed by atoms with Crippen LogP contribution in [0.1, 0.15) is 0 Å². The fraction of sp³-hybridized carbons (Fsp3) is 0. The first kappa shape index (κ1) is 16.2. The second-order valence-corrected chi connectivity index (χ2v) is 7.52. The third-order valence-corrected chi connectivity index (χ3v) is 5.37. The summed E-state index contributed by atoms with van der Waals surface area (Å²) in [6.45, 7) is 0. The van der Waals surface area contributed by atoms with Crippen LogP contribution < -0.4 is 0 Å². The topological polar surface area (TPSA) is 30.2 Å². The minimum absolute atomic E-state index is 0.506. The van der Waals surface area contributed by atoms with Gasteiger partial charge in [-0.3, -0.25) is 0 Å². The summed E-state index contributed by atoms with van der Waals surface area (Å²) in [7, 11) is 0. The molecule has 0 bridgehead atoms. The lowest BCUT2D eigenvalue weighted by molar-refractivity contribution is 0.990. The summed E-state index contributed by atoms with van der Waals surface area (Å²) >= 11 is 25.9. The lowest BCUT2D eigenvalue weighted by Crippen LogP contribution is -1.90. The summed E-state index contributed by atoms with van der Waals surface area (Å²) in [5, 5.41) is 8.75. The van der Waals surface area contributed by atoms with Crippen molar-refractivity contribution < 1.29 is 0 Å². The van der Waals surface area contributed by atoms with Gasteiger partial charge in [0, 0.05) is 26.6 Å². The molecule has 0 unspecified atom stereocenters. The van der Waals surface area contributed by atoms with Crippen LogP contribution in [-0.4, -0.2) is 14.6 Å². The van der Waals surface area contributed by atoms with E-state index in [-0.39, 0.29) is 0 Å². The lowest BCUT2D eigenvalue weighted by Gasteiger charge is -2.03. The van der Waals surface area contributed by atoms with Gasteiger partial charge in [0.2, 0.25) is 4.96 Å². The van der Waals surface area contributed by atoms with Crippen molar-refractivity contribution in [1.29, 1.82) is 0 Å². The van der Waals surface area contributed by atoms with E-state index >= 15 is 0 Å². The van der Waals surface area contributed by atoms with Gasteiger partial charge in [-0.2, -0.15) is 4.98 Å². The standard InChI is InChI=1S/C16H7Cl4N3S/c17-8-1-3-10(12(19)5-8)14-7-24-16-21-15(22-23(14)16)11-4-2-9(18)6-13(11)20/h1-7H. The average molecular weight is 415 g/mol. The highest BCUT2D eigenvalue weighted by molar-refractivity contribution is 7.15. The van der Waals surface area contributed by atoms with Crippen LogP contribution in [0.5, 0.6) is 0 Å². The van der Waals surface area contributed by atoms with Crippen LogP contribution in [0.2, 0.25) is 20.1 Å². The van der Waals surface area contributed by atoms with Crippen molar-refractivity contribution in [3.63, 3.8) is 0 Å². The van der Waals surface area contributed by atoms with Crippen LogP contribution in [0, 0.1) is 0 Å². The van der Waals surface area contributed by atoms with Crippen molar-refractivity contribution in [2.24, 2.45) is 0 Å². The molecule has 0 fully saturated rings. The van der Waals surface area contributed by atoms with E-state index in [9.17, 15) is 0 Å². The Morgan fingerprint density at radius 3 is 2.08 bits per heavy atom. The molecule has 0 aliphatic carbocycles. The Hall–Kier alpha value is -1.30. The molecular formula is C16H7Cl4N3S. The first-order chi connectivity index (χ1) is 11.5. The molecule has 0 N–H and O–H groups in total. The summed E-state index contributed by atoms with van der Waals surface area (Å²) in [5.74, 6) is 0.537. The van der Waals surface area contributed by atoms with E-state index < -0.39 is 0 Å². The molecule has 0 spiro atoms. The van der Waals surface area contributed by atoms with Gasteiger partial charge < -0.3 is 0 Å². The summed E-state index contributed by atoms with van der Waals surface area (Å²) in [5.41, 5.74) is 2.41. The summed E-state index contributed by atoms with van der Waals surface area (Å²) in [6, 6.07) is 10.6. The molecule has 0 saturated carbocycles. The molecule has 2 heterocycles. The van der Waals surface area contributed by atoms with E-state index in [4.69, 9.17) is 46.4 Å². The van der Waals surface area contributed by atoms with Crippen molar-refractivity contribution in [2.75, 3.05) is 0 Å². The van der Waals surface area contributed by atoms with Gasteiger partial charge >= 0.3 is 0 Å². The molecule has 3 nitrogen and oxygen atoms in total. The molecule has 2 aromatic heterocycles. The number of benzene rings is 2. The number of hydrogen-bond donors (Lipinski definition) is 0. The molecule has 0 aliphatic rings. The Morgan fingerprint density at radius 2 is 1.46 bits per heavy atom. The summed E-state index contributed by atoms with van der Waals surface area (Å²) < 4.78 is 1.75. The van der Waals surface area contributed by atoms with Crippen molar-refractivity contribution in [1.82, 2.24) is 14.6 Å². The highest BCUT2D eigenvalue weighted by Crippen LogP contribution is 2.34. The number of fused-ring (bicyclic) bond motifs is 1. The number of halogens is 4. The predicted molar refractivity (Wildman–Crippen MR) is 102 cm³/mol. The summed E-state index contributed by atoms with van der Waals surface area (Å²) in [4.78, 5) is 5.29. The Balaban J connectivity index is 1.87. The van der Waals surface area contributed by atoms with Gasteiger partial charge in [-0.15, -0.1) is 16.4 Å². The maximum absolute atomic E-state index is 6.31. The molecular weight excluding hydrogens is 408 g/mol. The molecule has 4 rings (SSSR count). The Labute approximate surface area is 161 Å². The van der Waals surface area contributed by atoms with E-state index in [2.05, 4.69) is 10.1 Å². The van der Waals surface area contributed by atoms with Crippen molar-refractivity contribution >= 4 is 62.7 Å². The van der Waals surface area contributed by atoms with Gasteiger partial charge in [0.1, 0.15) is 0 Å². The largest absolute Gasteiger partial charge is 0.213 e. The Kier molecular flexibility index (Phi) is 4.19. The van der Waals surface area contributed by atoms with E-state index in [1.165, 1.54) is 11.3 Å². The first-order valence-corrected chi connectivity index (χ1v) is 9.17. The van der Waals surface area contributed by atoms with Crippen LogP contribution in [0.4, 0.5) is 0 Å². The molecule has 24 heavy (non-hydrogen) atoms. The fourth-order valence-corrected chi connectivity index (χ4v) is 4.17. The normalized spacial score (nSPS) is 11.3. The quantitative estimate of drug-likeness (QED) is 0.363. The van der Waals surface area contributed by atoms with Crippen LogP contribution in [0.25, 0.3) is 27.6 Å². The maximum atomic E-state index is 6.31. The van der Waals surface area contributed by atoms with Crippen LogP contribution in [0.15, 0.2) is 41.8 Å². The van der Waals surface area contributed by atoms with Crippen molar-refractivity contribution in [3.05, 3.63) is 61.9 Å². The number of thiazole rings is 1. The van der Waals surface area contributed by atoms with Gasteiger partial charge in [0.05, 0.1) is 15.7 Å². The molecule has 4 aromatic rings. The highest BCUT2D eigenvalue weighted by Gasteiger charge is 2.16. The first-order valence-electron chi connectivity index (χ1n) is 6.78. The zero-order valence-electron chi connectivity index (χ0n) is 11.8. The average Bonchev–Trinajstić information content (AvgIpc) is 3.08. The van der Waals surface area contributed by atoms with E-state index in [1.54, 1.807) is 34.8 Å². The Morgan fingerprint density at radius 1 is 0.833 bits per heavy atom. The predicted octanol–water partition coefficient (Wildman–Crippen LogP) is 6.74. The van der Waals surface area contributed by atoms with Gasteiger partial charge in [-0.05, 0) is 36.4 Å². The minimum atomic E-state index is 0.506. The molecule has 8 heteroatoms. The smallest absolute Gasteiger partial charge is 0.203 e. The Bertz CT molecular complexity index is 1070. The second kappa shape index (κ2) is 6.21. The molecule has 0 saturated heterocycles. The number of aromatic nitrogens is 3. The molecule has 0 radical (unpaired) electrons. The SMILES string of the molecule is Clc1ccc(-c2nc3scc(-c4ccc(Cl)cc4Cl)n3n2)c(Cl)c1.